The Morgan fingerprint density at radius 3 is 2.81 bits per heavy atom. The molecule has 0 spiro atoms. The van der Waals surface area contributed by atoms with Gasteiger partial charge in [-0.2, -0.15) is 4.98 Å². The molecule has 1 fully saturated rings. The molecule has 0 bridgehead atoms. The molecular formula is C20H21N3O4. The van der Waals surface area contributed by atoms with Crippen molar-refractivity contribution in [2.75, 3.05) is 20.2 Å². The molecule has 1 aliphatic rings. The van der Waals surface area contributed by atoms with Crippen LogP contribution in [0.25, 0.3) is 11.0 Å². The molecule has 0 radical (unpaired) electrons. The van der Waals surface area contributed by atoms with Crippen molar-refractivity contribution >= 4 is 16.9 Å². The van der Waals surface area contributed by atoms with Crippen LogP contribution < -0.4 is 9.47 Å². The Kier molecular flexibility index (Phi) is 4.66. The number of aryl methyl sites for hydroxylation is 1. The van der Waals surface area contributed by atoms with E-state index in [1.807, 2.05) is 25.1 Å². The van der Waals surface area contributed by atoms with Gasteiger partial charge in [-0.05, 0) is 19.1 Å². The van der Waals surface area contributed by atoms with E-state index in [4.69, 9.17) is 13.9 Å². The number of hydrogen-bond donors (Lipinski definition) is 0. The van der Waals surface area contributed by atoms with Crippen molar-refractivity contribution in [1.82, 2.24) is 14.9 Å². The topological polar surface area (TPSA) is 77.7 Å². The number of piperidine rings is 1. The number of rotatable bonds is 4. The number of carbonyl (C=O) groups excluding carboxylic acids is 1. The van der Waals surface area contributed by atoms with Gasteiger partial charge in [-0.3, -0.25) is 4.79 Å². The summed E-state index contributed by atoms with van der Waals surface area (Å²) >= 11 is 0. The lowest BCUT2D eigenvalue weighted by Gasteiger charge is -2.31. The van der Waals surface area contributed by atoms with Crippen LogP contribution in [0.15, 0.2) is 40.9 Å². The highest BCUT2D eigenvalue weighted by molar-refractivity contribution is 5.97. The van der Waals surface area contributed by atoms with Gasteiger partial charge >= 0.3 is 0 Å². The number of aromatic nitrogens is 2. The van der Waals surface area contributed by atoms with Crippen LogP contribution in [-0.4, -0.2) is 47.1 Å². The first-order valence-corrected chi connectivity index (χ1v) is 8.96. The summed E-state index contributed by atoms with van der Waals surface area (Å²) in [6, 6.07) is 9.13. The zero-order valence-corrected chi connectivity index (χ0v) is 15.3. The minimum Gasteiger partial charge on any atom is -0.493 e. The molecule has 140 valence electrons. The van der Waals surface area contributed by atoms with E-state index in [-0.39, 0.29) is 12.0 Å². The molecule has 1 saturated heterocycles. The SMILES string of the molecule is COc1cccc2cc(C(=O)N3CCC(Oc4ccnc(C)n4)CC3)oc12. The average molecular weight is 367 g/mol. The normalized spacial score (nSPS) is 15.1. The van der Waals surface area contributed by atoms with Gasteiger partial charge in [-0.1, -0.05) is 12.1 Å². The van der Waals surface area contributed by atoms with Crippen LogP contribution in [0.1, 0.15) is 29.2 Å². The third-order valence-electron chi connectivity index (χ3n) is 4.71. The van der Waals surface area contributed by atoms with E-state index in [9.17, 15) is 4.79 Å². The quantitative estimate of drug-likeness (QED) is 0.705. The van der Waals surface area contributed by atoms with Gasteiger partial charge in [0.15, 0.2) is 17.1 Å². The van der Waals surface area contributed by atoms with Crippen molar-refractivity contribution in [2.24, 2.45) is 0 Å². The molecule has 3 heterocycles. The summed E-state index contributed by atoms with van der Waals surface area (Å²) in [6.07, 6.45) is 3.22. The molecule has 1 amide bonds. The summed E-state index contributed by atoms with van der Waals surface area (Å²) in [7, 11) is 1.59. The van der Waals surface area contributed by atoms with Gasteiger partial charge in [0.2, 0.25) is 5.88 Å². The first-order valence-electron chi connectivity index (χ1n) is 8.96. The van der Waals surface area contributed by atoms with E-state index < -0.39 is 0 Å². The highest BCUT2D eigenvalue weighted by Crippen LogP contribution is 2.29. The average Bonchev–Trinajstić information content (AvgIpc) is 3.12. The lowest BCUT2D eigenvalue weighted by atomic mass is 10.1. The second-order valence-corrected chi connectivity index (χ2v) is 6.54. The maximum Gasteiger partial charge on any atom is 0.289 e. The van der Waals surface area contributed by atoms with Crippen LogP contribution in [0.5, 0.6) is 11.6 Å². The first-order chi connectivity index (χ1) is 13.1. The van der Waals surface area contributed by atoms with E-state index in [0.717, 1.165) is 18.2 Å². The molecule has 3 aromatic rings. The van der Waals surface area contributed by atoms with Crippen molar-refractivity contribution in [3.63, 3.8) is 0 Å². The second kappa shape index (κ2) is 7.26. The number of amides is 1. The Labute approximate surface area is 156 Å². The maximum absolute atomic E-state index is 12.8. The number of furan rings is 1. The molecule has 2 aromatic heterocycles. The van der Waals surface area contributed by atoms with Crippen LogP contribution in [-0.2, 0) is 0 Å². The standard InChI is InChI=1S/C20H21N3O4/c1-13-21-9-6-18(22-13)26-15-7-10-23(11-8-15)20(24)17-12-14-4-3-5-16(25-2)19(14)27-17/h3-6,9,12,15H,7-8,10-11H2,1-2H3. The molecule has 0 N–H and O–H groups in total. The predicted octanol–water partition coefficient (Wildman–Crippen LogP) is 3.22. The van der Waals surface area contributed by atoms with E-state index in [2.05, 4.69) is 9.97 Å². The monoisotopic (exact) mass is 367 g/mol. The third-order valence-corrected chi connectivity index (χ3v) is 4.71. The molecule has 1 aliphatic heterocycles. The largest absolute Gasteiger partial charge is 0.493 e. The second-order valence-electron chi connectivity index (χ2n) is 6.54. The van der Waals surface area contributed by atoms with Gasteiger partial charge in [0, 0.05) is 43.6 Å². The van der Waals surface area contributed by atoms with Crippen molar-refractivity contribution in [1.29, 1.82) is 0 Å². The Morgan fingerprint density at radius 2 is 2.07 bits per heavy atom. The molecular weight excluding hydrogens is 346 g/mol. The summed E-state index contributed by atoms with van der Waals surface area (Å²) < 4.78 is 17.0. The number of ether oxygens (including phenoxy) is 2. The first kappa shape index (κ1) is 17.3. The molecule has 1 aromatic carbocycles. The number of fused-ring (bicyclic) bond motifs is 1. The number of carbonyl (C=O) groups is 1. The fraction of sp³-hybridized carbons (Fsp3) is 0.350. The highest BCUT2D eigenvalue weighted by atomic mass is 16.5. The summed E-state index contributed by atoms with van der Waals surface area (Å²) in [6.45, 7) is 3.06. The maximum atomic E-state index is 12.8. The molecule has 0 saturated carbocycles. The number of likely N-dealkylation sites (tertiary alicyclic amines) is 1. The summed E-state index contributed by atoms with van der Waals surface area (Å²) in [5.41, 5.74) is 0.598. The predicted molar refractivity (Wildman–Crippen MR) is 99.1 cm³/mol. The highest BCUT2D eigenvalue weighted by Gasteiger charge is 2.27. The van der Waals surface area contributed by atoms with Gasteiger partial charge in [0.1, 0.15) is 11.9 Å². The fourth-order valence-electron chi connectivity index (χ4n) is 3.31. The number of nitrogens with zero attached hydrogens (tertiary/aromatic N) is 3. The molecule has 0 unspecified atom stereocenters. The molecule has 7 nitrogen and oxygen atoms in total. The minimum atomic E-state index is -0.107. The zero-order valence-electron chi connectivity index (χ0n) is 15.3. The summed E-state index contributed by atoms with van der Waals surface area (Å²) in [5.74, 6) is 2.11. The van der Waals surface area contributed by atoms with E-state index in [1.54, 1.807) is 30.3 Å². The van der Waals surface area contributed by atoms with Gasteiger partial charge in [0.25, 0.3) is 5.91 Å². The Morgan fingerprint density at radius 1 is 1.26 bits per heavy atom. The van der Waals surface area contributed by atoms with Crippen LogP contribution in [0, 0.1) is 6.92 Å². The van der Waals surface area contributed by atoms with Crippen LogP contribution >= 0.6 is 0 Å². The van der Waals surface area contributed by atoms with Gasteiger partial charge in [-0.15, -0.1) is 0 Å². The van der Waals surface area contributed by atoms with Crippen LogP contribution in [0.2, 0.25) is 0 Å². The number of benzene rings is 1. The smallest absolute Gasteiger partial charge is 0.289 e. The van der Waals surface area contributed by atoms with Crippen molar-refractivity contribution < 1.29 is 18.7 Å². The summed E-state index contributed by atoms with van der Waals surface area (Å²) in [5, 5.41) is 0.857. The molecule has 0 atom stereocenters. The number of hydrogen-bond acceptors (Lipinski definition) is 6. The zero-order chi connectivity index (χ0) is 18.8. The van der Waals surface area contributed by atoms with Gasteiger partial charge in [-0.25, -0.2) is 4.98 Å². The summed E-state index contributed by atoms with van der Waals surface area (Å²) in [4.78, 5) is 22.9. The van der Waals surface area contributed by atoms with Crippen LogP contribution in [0.3, 0.4) is 0 Å². The Hall–Kier alpha value is -3.09. The van der Waals surface area contributed by atoms with Crippen molar-refractivity contribution in [3.8, 4) is 11.6 Å². The lowest BCUT2D eigenvalue weighted by molar-refractivity contribution is 0.0561. The minimum absolute atomic E-state index is 0.0408. The van der Waals surface area contributed by atoms with Crippen molar-refractivity contribution in [3.05, 3.63) is 48.1 Å². The van der Waals surface area contributed by atoms with E-state index in [0.29, 0.717) is 41.9 Å². The number of para-hydroxylation sites is 1. The molecule has 27 heavy (non-hydrogen) atoms. The molecule has 4 rings (SSSR count). The molecule has 0 aliphatic carbocycles. The fourth-order valence-corrected chi connectivity index (χ4v) is 3.31. The van der Waals surface area contributed by atoms with Crippen LogP contribution in [0.4, 0.5) is 0 Å². The Bertz CT molecular complexity index is 961. The van der Waals surface area contributed by atoms with E-state index >= 15 is 0 Å². The third kappa shape index (κ3) is 3.58. The van der Waals surface area contributed by atoms with Gasteiger partial charge < -0.3 is 18.8 Å². The molecule has 7 heteroatoms. The van der Waals surface area contributed by atoms with Gasteiger partial charge in [0.05, 0.1) is 7.11 Å². The number of methoxy groups -OCH3 is 1. The van der Waals surface area contributed by atoms with E-state index in [1.165, 1.54) is 0 Å². The lowest BCUT2D eigenvalue weighted by Crippen LogP contribution is -2.41. The van der Waals surface area contributed by atoms with Crippen molar-refractivity contribution in [2.45, 2.75) is 25.9 Å². The Balaban J connectivity index is 1.41.